The second kappa shape index (κ2) is 8.38. The zero-order chi connectivity index (χ0) is 23.9. The maximum Gasteiger partial charge on any atom is 0.325 e. The summed E-state index contributed by atoms with van der Waals surface area (Å²) in [5.74, 6) is -1.04. The first-order valence-corrected chi connectivity index (χ1v) is 11.5. The van der Waals surface area contributed by atoms with Gasteiger partial charge in [0, 0.05) is 17.1 Å². The summed E-state index contributed by atoms with van der Waals surface area (Å²) >= 11 is 1.38. The minimum absolute atomic E-state index is 0.340. The fraction of sp³-hybridized carbons (Fsp3) is 0.167. The van der Waals surface area contributed by atoms with Crippen LogP contribution in [-0.2, 0) is 15.1 Å². The molecule has 0 saturated carbocycles. The van der Waals surface area contributed by atoms with Crippen molar-refractivity contribution in [3.8, 4) is 11.3 Å². The molecule has 1 saturated heterocycles. The number of amides is 4. The smallest absolute Gasteiger partial charge is 0.319 e. The van der Waals surface area contributed by atoms with Gasteiger partial charge < -0.3 is 10.6 Å². The highest BCUT2D eigenvalue weighted by molar-refractivity contribution is 7.15. The molecule has 34 heavy (non-hydrogen) atoms. The molecule has 4 aromatic rings. The molecular weight excluding hydrogens is 457 g/mol. The number of imide groups is 1. The number of hydrogen-bond acceptors (Lipinski definition) is 5. The molecule has 0 radical (unpaired) electrons. The summed E-state index contributed by atoms with van der Waals surface area (Å²) in [7, 11) is 0. The summed E-state index contributed by atoms with van der Waals surface area (Å²) in [4.78, 5) is 45.2. The maximum atomic E-state index is 13.4. The lowest BCUT2D eigenvalue weighted by Crippen LogP contribution is -2.44. The number of nitrogens with zero attached hydrogens (tertiary/aromatic N) is 3. The SMILES string of the molecule is CCC1(c2ccccc2)NC(=O)N(CC(=O)Nc2c(-c3ccc(F)cc3)nc3sccn23)C1=O. The van der Waals surface area contributed by atoms with E-state index in [4.69, 9.17) is 0 Å². The van der Waals surface area contributed by atoms with Gasteiger partial charge in [-0.3, -0.25) is 18.9 Å². The molecule has 2 aromatic carbocycles. The average molecular weight is 478 g/mol. The summed E-state index contributed by atoms with van der Waals surface area (Å²) in [6, 6.07) is 14.1. The number of imidazole rings is 1. The van der Waals surface area contributed by atoms with Gasteiger partial charge >= 0.3 is 6.03 Å². The zero-order valence-corrected chi connectivity index (χ0v) is 18.9. The van der Waals surface area contributed by atoms with Crippen LogP contribution in [0.25, 0.3) is 16.2 Å². The first-order valence-electron chi connectivity index (χ1n) is 10.6. The Morgan fingerprint density at radius 3 is 2.59 bits per heavy atom. The number of carbonyl (C=O) groups excluding carboxylic acids is 3. The number of halogens is 1. The lowest BCUT2D eigenvalue weighted by molar-refractivity contribution is -0.134. The predicted molar refractivity (Wildman–Crippen MR) is 126 cm³/mol. The van der Waals surface area contributed by atoms with Crippen molar-refractivity contribution < 1.29 is 18.8 Å². The van der Waals surface area contributed by atoms with Gasteiger partial charge in [-0.1, -0.05) is 37.3 Å². The van der Waals surface area contributed by atoms with E-state index < -0.39 is 29.9 Å². The third-order valence-corrected chi connectivity index (χ3v) is 6.67. The van der Waals surface area contributed by atoms with Crippen LogP contribution in [0.4, 0.5) is 15.0 Å². The standard InChI is InChI=1S/C24H20FN5O3S/c1-2-24(16-6-4-3-5-7-16)21(32)30(22(33)28-24)14-18(31)26-20-19(15-8-10-17(25)11-9-15)27-23-29(20)12-13-34-23/h3-13H,2,14H2,1H3,(H,26,31)(H,28,33). The van der Waals surface area contributed by atoms with E-state index in [9.17, 15) is 18.8 Å². The third kappa shape index (κ3) is 3.52. The highest BCUT2D eigenvalue weighted by Crippen LogP contribution is 2.33. The Kier molecular flexibility index (Phi) is 5.37. The van der Waals surface area contributed by atoms with E-state index in [0.717, 1.165) is 4.90 Å². The Balaban J connectivity index is 1.41. The van der Waals surface area contributed by atoms with Crippen LogP contribution < -0.4 is 10.6 Å². The molecule has 1 aliphatic rings. The highest BCUT2D eigenvalue weighted by atomic mass is 32.1. The van der Waals surface area contributed by atoms with Gasteiger partial charge in [-0.05, 0) is 36.2 Å². The summed E-state index contributed by atoms with van der Waals surface area (Å²) in [6.45, 7) is 1.35. The molecule has 0 spiro atoms. The number of anilines is 1. The van der Waals surface area contributed by atoms with Crippen molar-refractivity contribution in [3.05, 3.63) is 77.6 Å². The molecule has 4 amide bonds. The summed E-state index contributed by atoms with van der Waals surface area (Å²) < 4.78 is 15.1. The summed E-state index contributed by atoms with van der Waals surface area (Å²) in [6.07, 6.45) is 2.09. The van der Waals surface area contributed by atoms with Crippen LogP contribution in [0.2, 0.25) is 0 Å². The molecule has 1 aliphatic heterocycles. The lowest BCUT2D eigenvalue weighted by Gasteiger charge is -2.25. The van der Waals surface area contributed by atoms with Gasteiger partial charge in [0.25, 0.3) is 5.91 Å². The summed E-state index contributed by atoms with van der Waals surface area (Å²) in [5, 5.41) is 7.38. The van der Waals surface area contributed by atoms with Crippen LogP contribution in [0.3, 0.4) is 0 Å². The molecule has 172 valence electrons. The fourth-order valence-corrected chi connectivity index (χ4v) is 4.88. The van der Waals surface area contributed by atoms with Crippen molar-refractivity contribution in [1.29, 1.82) is 0 Å². The fourth-order valence-electron chi connectivity index (χ4n) is 4.16. The molecule has 10 heteroatoms. The van der Waals surface area contributed by atoms with Gasteiger partial charge in [-0.15, -0.1) is 11.3 Å². The van der Waals surface area contributed by atoms with Crippen LogP contribution in [0.5, 0.6) is 0 Å². The topological polar surface area (TPSA) is 95.8 Å². The Hall–Kier alpha value is -4.05. The van der Waals surface area contributed by atoms with Gasteiger partial charge in [0.1, 0.15) is 29.4 Å². The first-order chi connectivity index (χ1) is 16.4. The van der Waals surface area contributed by atoms with Crippen LogP contribution in [-0.4, -0.2) is 38.7 Å². The molecule has 0 aliphatic carbocycles. The minimum Gasteiger partial charge on any atom is -0.319 e. The van der Waals surface area contributed by atoms with Gasteiger partial charge in [0.2, 0.25) is 5.91 Å². The minimum atomic E-state index is -1.21. The van der Waals surface area contributed by atoms with Crippen molar-refractivity contribution in [3.63, 3.8) is 0 Å². The van der Waals surface area contributed by atoms with Crippen molar-refractivity contribution in [2.45, 2.75) is 18.9 Å². The number of fused-ring (bicyclic) bond motifs is 1. The zero-order valence-electron chi connectivity index (χ0n) is 18.1. The van der Waals surface area contributed by atoms with E-state index in [1.807, 2.05) is 18.4 Å². The Bertz CT molecular complexity index is 1400. The normalized spacial score (nSPS) is 17.9. The maximum absolute atomic E-state index is 13.4. The second-order valence-electron chi connectivity index (χ2n) is 7.87. The molecule has 8 nitrogen and oxygen atoms in total. The number of urea groups is 1. The first kappa shape index (κ1) is 21.8. The van der Waals surface area contributed by atoms with Crippen LogP contribution >= 0.6 is 11.3 Å². The second-order valence-corrected chi connectivity index (χ2v) is 8.74. The van der Waals surface area contributed by atoms with Crippen LogP contribution in [0.15, 0.2) is 66.2 Å². The monoisotopic (exact) mass is 477 g/mol. The van der Waals surface area contributed by atoms with Gasteiger partial charge in [-0.2, -0.15) is 0 Å². The quantitative estimate of drug-likeness (QED) is 0.411. The molecule has 3 heterocycles. The van der Waals surface area contributed by atoms with Crippen LogP contribution in [0.1, 0.15) is 18.9 Å². The molecule has 1 fully saturated rings. The number of benzene rings is 2. The lowest BCUT2D eigenvalue weighted by atomic mass is 9.87. The predicted octanol–water partition coefficient (Wildman–Crippen LogP) is 4.00. The van der Waals surface area contributed by atoms with E-state index in [-0.39, 0.29) is 5.82 Å². The largest absolute Gasteiger partial charge is 0.325 e. The van der Waals surface area contributed by atoms with Gasteiger partial charge in [0.05, 0.1) is 0 Å². The van der Waals surface area contributed by atoms with E-state index in [1.54, 1.807) is 47.0 Å². The Labute approximate surface area is 198 Å². The highest BCUT2D eigenvalue weighted by Gasteiger charge is 2.51. The van der Waals surface area contributed by atoms with Crippen LogP contribution in [0, 0.1) is 5.82 Å². The number of nitrogens with one attached hydrogen (secondary N) is 2. The number of carbonyl (C=O) groups is 3. The van der Waals surface area contributed by atoms with E-state index in [0.29, 0.717) is 34.0 Å². The van der Waals surface area contributed by atoms with E-state index in [1.165, 1.54) is 23.5 Å². The number of hydrogen-bond donors (Lipinski definition) is 2. The number of thiazole rings is 1. The number of aromatic nitrogens is 2. The molecule has 1 atom stereocenters. The average Bonchev–Trinajstić information content (AvgIpc) is 3.50. The van der Waals surface area contributed by atoms with Gasteiger partial charge in [-0.25, -0.2) is 14.2 Å². The van der Waals surface area contributed by atoms with Crippen molar-refractivity contribution in [2.75, 3.05) is 11.9 Å². The van der Waals surface area contributed by atoms with E-state index in [2.05, 4.69) is 15.6 Å². The van der Waals surface area contributed by atoms with Crippen molar-refractivity contribution >= 4 is 40.0 Å². The van der Waals surface area contributed by atoms with Crippen molar-refractivity contribution in [2.24, 2.45) is 0 Å². The Morgan fingerprint density at radius 1 is 1.15 bits per heavy atom. The molecule has 2 N–H and O–H groups in total. The molecular formula is C24H20FN5O3S. The molecule has 2 aromatic heterocycles. The molecule has 1 unspecified atom stereocenters. The third-order valence-electron chi connectivity index (χ3n) is 5.91. The van der Waals surface area contributed by atoms with E-state index >= 15 is 0 Å². The van der Waals surface area contributed by atoms with Crippen molar-refractivity contribution in [1.82, 2.24) is 19.6 Å². The number of rotatable bonds is 6. The molecule has 5 rings (SSSR count). The van der Waals surface area contributed by atoms with Gasteiger partial charge in [0.15, 0.2) is 4.96 Å². The summed E-state index contributed by atoms with van der Waals surface area (Å²) in [5.41, 5.74) is 0.532. The molecule has 0 bridgehead atoms. The Morgan fingerprint density at radius 2 is 1.88 bits per heavy atom.